The van der Waals surface area contributed by atoms with Crippen molar-refractivity contribution >= 4 is 16.8 Å². The van der Waals surface area contributed by atoms with Crippen LogP contribution >= 0.6 is 0 Å². The Balaban J connectivity index is 2.13. The van der Waals surface area contributed by atoms with Gasteiger partial charge in [0.1, 0.15) is 0 Å². The van der Waals surface area contributed by atoms with Crippen molar-refractivity contribution in [1.82, 2.24) is 9.99 Å². The number of benzene rings is 1. The standard InChI is InChI=1S/C15H19N3O/c1-9-3-5-13-11(7-9)12-8-10(15(19)17-16)4-6-14(12)18(13)2/h3,5,7,10H,4,6,8,16H2,1-2H3,(H,17,19). The first-order valence-electron chi connectivity index (χ1n) is 6.69. The number of aromatic nitrogens is 1. The Hall–Kier alpha value is -1.81. The molecule has 1 heterocycles. The SMILES string of the molecule is Cc1ccc2c(c1)c1c(n2C)CCC(C(=O)NN)C1. The van der Waals surface area contributed by atoms with Crippen molar-refractivity contribution in [3.8, 4) is 0 Å². The number of rotatable bonds is 1. The molecule has 19 heavy (non-hydrogen) atoms. The summed E-state index contributed by atoms with van der Waals surface area (Å²) >= 11 is 0. The normalized spacial score (nSPS) is 18.4. The number of hydrazine groups is 1. The van der Waals surface area contributed by atoms with Crippen molar-refractivity contribution < 1.29 is 4.79 Å². The first-order valence-corrected chi connectivity index (χ1v) is 6.69. The van der Waals surface area contributed by atoms with Gasteiger partial charge in [-0.25, -0.2) is 5.84 Å². The van der Waals surface area contributed by atoms with Crippen LogP contribution < -0.4 is 11.3 Å². The average molecular weight is 257 g/mol. The van der Waals surface area contributed by atoms with Gasteiger partial charge < -0.3 is 4.57 Å². The summed E-state index contributed by atoms with van der Waals surface area (Å²) < 4.78 is 2.26. The maximum absolute atomic E-state index is 11.7. The van der Waals surface area contributed by atoms with E-state index in [1.54, 1.807) is 0 Å². The van der Waals surface area contributed by atoms with Crippen molar-refractivity contribution in [2.75, 3.05) is 0 Å². The molecule has 0 radical (unpaired) electrons. The second-order valence-corrected chi connectivity index (χ2v) is 5.45. The van der Waals surface area contributed by atoms with Crippen LogP contribution in [0.1, 0.15) is 23.2 Å². The van der Waals surface area contributed by atoms with Crippen LogP contribution in [0.3, 0.4) is 0 Å². The number of nitrogens with zero attached hydrogens (tertiary/aromatic N) is 1. The minimum Gasteiger partial charge on any atom is -0.347 e. The molecule has 2 aromatic rings. The van der Waals surface area contributed by atoms with E-state index in [0.29, 0.717) is 0 Å². The van der Waals surface area contributed by atoms with Crippen molar-refractivity contribution in [2.24, 2.45) is 18.8 Å². The Bertz CT molecular complexity index is 657. The van der Waals surface area contributed by atoms with E-state index in [2.05, 4.69) is 42.2 Å². The smallest absolute Gasteiger partial charge is 0.237 e. The summed E-state index contributed by atoms with van der Waals surface area (Å²) in [7, 11) is 2.11. The van der Waals surface area contributed by atoms with Gasteiger partial charge in [-0.1, -0.05) is 11.6 Å². The molecule has 0 saturated heterocycles. The largest absolute Gasteiger partial charge is 0.347 e. The highest BCUT2D eigenvalue weighted by Crippen LogP contribution is 2.34. The van der Waals surface area contributed by atoms with Crippen LogP contribution in [-0.4, -0.2) is 10.5 Å². The Morgan fingerprint density at radius 2 is 2.26 bits per heavy atom. The van der Waals surface area contributed by atoms with E-state index >= 15 is 0 Å². The maximum Gasteiger partial charge on any atom is 0.237 e. The van der Waals surface area contributed by atoms with E-state index in [1.165, 1.54) is 27.7 Å². The van der Waals surface area contributed by atoms with Gasteiger partial charge in [-0.05, 0) is 43.9 Å². The van der Waals surface area contributed by atoms with Gasteiger partial charge in [-0.3, -0.25) is 10.2 Å². The second kappa shape index (κ2) is 4.38. The molecule has 1 aromatic heterocycles. The summed E-state index contributed by atoms with van der Waals surface area (Å²) in [4.78, 5) is 11.7. The molecular weight excluding hydrogens is 238 g/mol. The van der Waals surface area contributed by atoms with Gasteiger partial charge in [0.05, 0.1) is 0 Å². The molecular formula is C15H19N3O. The van der Waals surface area contributed by atoms with E-state index in [4.69, 9.17) is 5.84 Å². The molecule has 1 atom stereocenters. The van der Waals surface area contributed by atoms with Crippen molar-refractivity contribution in [2.45, 2.75) is 26.2 Å². The molecule has 0 saturated carbocycles. The lowest BCUT2D eigenvalue weighted by atomic mass is 9.85. The third-order valence-corrected chi connectivity index (χ3v) is 4.28. The molecule has 3 N–H and O–H groups in total. The van der Waals surface area contributed by atoms with Crippen LogP contribution in [0.25, 0.3) is 10.9 Å². The lowest BCUT2D eigenvalue weighted by molar-refractivity contribution is -0.125. The first kappa shape index (κ1) is 12.2. The fourth-order valence-corrected chi connectivity index (χ4v) is 3.23. The van der Waals surface area contributed by atoms with E-state index in [1.807, 2.05) is 0 Å². The summed E-state index contributed by atoms with van der Waals surface area (Å²) in [5, 5.41) is 1.28. The zero-order valence-electron chi connectivity index (χ0n) is 11.4. The van der Waals surface area contributed by atoms with E-state index in [-0.39, 0.29) is 11.8 Å². The summed E-state index contributed by atoms with van der Waals surface area (Å²) in [6, 6.07) is 6.52. The average Bonchev–Trinajstić information content (AvgIpc) is 2.70. The fourth-order valence-electron chi connectivity index (χ4n) is 3.23. The van der Waals surface area contributed by atoms with Gasteiger partial charge in [0.25, 0.3) is 0 Å². The van der Waals surface area contributed by atoms with E-state index in [9.17, 15) is 4.79 Å². The number of hydrogen-bond acceptors (Lipinski definition) is 2. The van der Waals surface area contributed by atoms with Gasteiger partial charge >= 0.3 is 0 Å². The van der Waals surface area contributed by atoms with E-state index in [0.717, 1.165) is 19.3 Å². The molecule has 0 fully saturated rings. The summed E-state index contributed by atoms with van der Waals surface area (Å²) in [6.07, 6.45) is 2.61. The minimum absolute atomic E-state index is 0.00334. The Labute approximate surface area is 112 Å². The third-order valence-electron chi connectivity index (χ3n) is 4.28. The monoisotopic (exact) mass is 257 g/mol. The van der Waals surface area contributed by atoms with Crippen molar-refractivity contribution in [3.63, 3.8) is 0 Å². The third kappa shape index (κ3) is 1.83. The van der Waals surface area contributed by atoms with E-state index < -0.39 is 0 Å². The number of carbonyl (C=O) groups excluding carboxylic acids is 1. The summed E-state index contributed by atoms with van der Waals surface area (Å²) in [6.45, 7) is 2.10. The molecule has 3 rings (SSSR count). The maximum atomic E-state index is 11.7. The van der Waals surface area contributed by atoms with Crippen molar-refractivity contribution in [1.29, 1.82) is 0 Å². The zero-order chi connectivity index (χ0) is 13.6. The molecule has 1 unspecified atom stereocenters. The number of carbonyl (C=O) groups is 1. The van der Waals surface area contributed by atoms with Crippen LogP contribution in [0.4, 0.5) is 0 Å². The molecule has 4 nitrogen and oxygen atoms in total. The lowest BCUT2D eigenvalue weighted by Crippen LogP contribution is -2.38. The van der Waals surface area contributed by atoms with Crippen LogP contribution in [0.5, 0.6) is 0 Å². The zero-order valence-corrected chi connectivity index (χ0v) is 11.4. The topological polar surface area (TPSA) is 60.0 Å². The lowest BCUT2D eigenvalue weighted by Gasteiger charge is -2.21. The van der Waals surface area contributed by atoms with Crippen LogP contribution in [0.15, 0.2) is 18.2 Å². The van der Waals surface area contributed by atoms with Crippen molar-refractivity contribution in [3.05, 3.63) is 35.0 Å². The Morgan fingerprint density at radius 3 is 3.00 bits per heavy atom. The van der Waals surface area contributed by atoms with Gasteiger partial charge in [0.2, 0.25) is 5.91 Å². The highest BCUT2D eigenvalue weighted by molar-refractivity contribution is 5.88. The summed E-state index contributed by atoms with van der Waals surface area (Å²) in [5.41, 5.74) is 7.48. The van der Waals surface area contributed by atoms with Gasteiger partial charge in [0.15, 0.2) is 0 Å². The number of fused-ring (bicyclic) bond motifs is 3. The predicted octanol–water partition coefficient (Wildman–Crippen LogP) is 1.58. The fraction of sp³-hybridized carbons (Fsp3) is 0.400. The number of hydrogen-bond donors (Lipinski definition) is 2. The van der Waals surface area contributed by atoms with Gasteiger partial charge in [0, 0.05) is 29.6 Å². The number of amides is 1. The molecule has 1 aromatic carbocycles. The highest BCUT2D eigenvalue weighted by Gasteiger charge is 2.28. The minimum atomic E-state index is -0.0460. The predicted molar refractivity (Wildman–Crippen MR) is 75.5 cm³/mol. The quantitative estimate of drug-likeness (QED) is 0.463. The molecule has 0 bridgehead atoms. The molecule has 1 aliphatic carbocycles. The number of aryl methyl sites for hydroxylation is 2. The molecule has 0 spiro atoms. The Kier molecular flexibility index (Phi) is 2.82. The molecule has 1 amide bonds. The molecule has 0 aliphatic heterocycles. The summed E-state index contributed by atoms with van der Waals surface area (Å²) in [5.74, 6) is 5.22. The molecule has 1 aliphatic rings. The molecule has 100 valence electrons. The first-order chi connectivity index (χ1) is 9.11. The molecule has 4 heteroatoms. The van der Waals surface area contributed by atoms with Gasteiger partial charge in [-0.2, -0.15) is 0 Å². The van der Waals surface area contributed by atoms with Crippen LogP contribution in [0, 0.1) is 12.8 Å². The highest BCUT2D eigenvalue weighted by atomic mass is 16.2. The van der Waals surface area contributed by atoms with Crippen LogP contribution in [-0.2, 0) is 24.7 Å². The second-order valence-electron chi connectivity index (χ2n) is 5.45. The number of nitrogens with two attached hydrogens (primary N) is 1. The van der Waals surface area contributed by atoms with Gasteiger partial charge in [-0.15, -0.1) is 0 Å². The Morgan fingerprint density at radius 1 is 1.47 bits per heavy atom. The number of nitrogens with one attached hydrogen (secondary N) is 1. The van der Waals surface area contributed by atoms with Crippen LogP contribution in [0.2, 0.25) is 0 Å².